The lowest BCUT2D eigenvalue weighted by Crippen LogP contribution is -2.12. The average Bonchev–Trinajstić information content (AvgIpc) is 2.23. The summed E-state index contributed by atoms with van der Waals surface area (Å²) in [6.45, 7) is 3.88. The first-order valence-corrected chi connectivity index (χ1v) is 5.06. The SMILES string of the molecule is CCNCCC=Cc1ccc(F)c(F)c1. The molecule has 82 valence electrons. The van der Waals surface area contributed by atoms with Crippen LogP contribution in [0, 0.1) is 11.6 Å². The molecule has 1 N–H and O–H groups in total. The Bertz CT molecular complexity index is 334. The lowest BCUT2D eigenvalue weighted by atomic mass is 10.2. The Morgan fingerprint density at radius 3 is 2.73 bits per heavy atom. The van der Waals surface area contributed by atoms with Crippen molar-refractivity contribution in [1.29, 1.82) is 0 Å². The lowest BCUT2D eigenvalue weighted by molar-refractivity contribution is 0.508. The highest BCUT2D eigenvalue weighted by atomic mass is 19.2. The highest BCUT2D eigenvalue weighted by molar-refractivity contribution is 5.49. The van der Waals surface area contributed by atoms with Crippen LogP contribution in [0.25, 0.3) is 6.08 Å². The smallest absolute Gasteiger partial charge is 0.159 e. The van der Waals surface area contributed by atoms with E-state index in [1.54, 1.807) is 12.1 Å². The molecule has 15 heavy (non-hydrogen) atoms. The molecule has 0 fully saturated rings. The van der Waals surface area contributed by atoms with Gasteiger partial charge in [0.2, 0.25) is 0 Å². The molecular weight excluding hydrogens is 196 g/mol. The Morgan fingerprint density at radius 1 is 1.27 bits per heavy atom. The van der Waals surface area contributed by atoms with E-state index < -0.39 is 11.6 Å². The van der Waals surface area contributed by atoms with Gasteiger partial charge in [0, 0.05) is 0 Å². The second kappa shape index (κ2) is 6.30. The Kier molecular flexibility index (Phi) is 4.98. The first-order chi connectivity index (χ1) is 7.24. The normalized spacial score (nSPS) is 11.1. The van der Waals surface area contributed by atoms with E-state index >= 15 is 0 Å². The van der Waals surface area contributed by atoms with Gasteiger partial charge in [0.05, 0.1) is 0 Å². The fraction of sp³-hybridized carbons (Fsp3) is 0.333. The van der Waals surface area contributed by atoms with Gasteiger partial charge in [-0.3, -0.25) is 0 Å². The van der Waals surface area contributed by atoms with Gasteiger partial charge in [0.1, 0.15) is 0 Å². The van der Waals surface area contributed by atoms with Crippen molar-refractivity contribution in [2.24, 2.45) is 0 Å². The summed E-state index contributed by atoms with van der Waals surface area (Å²) in [5.41, 5.74) is 0.686. The predicted octanol–water partition coefficient (Wildman–Crippen LogP) is 2.98. The maximum absolute atomic E-state index is 12.8. The highest BCUT2D eigenvalue weighted by Gasteiger charge is 1.99. The van der Waals surface area contributed by atoms with E-state index in [9.17, 15) is 8.78 Å². The molecule has 0 radical (unpaired) electrons. The summed E-state index contributed by atoms with van der Waals surface area (Å²) in [4.78, 5) is 0. The molecule has 0 saturated heterocycles. The van der Waals surface area contributed by atoms with Crippen molar-refractivity contribution in [1.82, 2.24) is 5.32 Å². The van der Waals surface area contributed by atoms with Crippen molar-refractivity contribution in [3.63, 3.8) is 0 Å². The third kappa shape index (κ3) is 4.21. The molecule has 1 aromatic rings. The van der Waals surface area contributed by atoms with Gasteiger partial charge in [0.25, 0.3) is 0 Å². The van der Waals surface area contributed by atoms with E-state index in [2.05, 4.69) is 5.32 Å². The van der Waals surface area contributed by atoms with E-state index in [0.29, 0.717) is 5.56 Å². The number of hydrogen-bond donors (Lipinski definition) is 1. The van der Waals surface area contributed by atoms with Gasteiger partial charge in [0.15, 0.2) is 11.6 Å². The lowest BCUT2D eigenvalue weighted by Gasteiger charge is -1.97. The molecule has 0 aliphatic rings. The van der Waals surface area contributed by atoms with Crippen LogP contribution in [0.2, 0.25) is 0 Å². The zero-order valence-corrected chi connectivity index (χ0v) is 8.76. The molecule has 0 atom stereocenters. The monoisotopic (exact) mass is 211 g/mol. The maximum Gasteiger partial charge on any atom is 0.159 e. The van der Waals surface area contributed by atoms with Gasteiger partial charge in [-0.2, -0.15) is 0 Å². The summed E-state index contributed by atoms with van der Waals surface area (Å²) in [5.74, 6) is -1.61. The number of rotatable bonds is 5. The Morgan fingerprint density at radius 2 is 2.07 bits per heavy atom. The van der Waals surface area contributed by atoms with Crippen LogP contribution in [0.3, 0.4) is 0 Å². The molecule has 0 aromatic heterocycles. The summed E-state index contributed by atoms with van der Waals surface area (Å²) in [6, 6.07) is 3.89. The predicted molar refractivity (Wildman–Crippen MR) is 58.6 cm³/mol. The van der Waals surface area contributed by atoms with Gasteiger partial charge in [-0.25, -0.2) is 8.78 Å². The van der Waals surface area contributed by atoms with Gasteiger partial charge in [-0.15, -0.1) is 0 Å². The number of benzene rings is 1. The molecule has 0 aliphatic carbocycles. The molecule has 0 unspecified atom stereocenters. The van der Waals surface area contributed by atoms with E-state index in [4.69, 9.17) is 0 Å². The largest absolute Gasteiger partial charge is 0.317 e. The average molecular weight is 211 g/mol. The standard InChI is InChI=1S/C12H15F2N/c1-2-15-8-4-3-5-10-6-7-11(13)12(14)9-10/h3,5-7,9,15H,2,4,8H2,1H3. The van der Waals surface area contributed by atoms with Crippen LogP contribution in [0.5, 0.6) is 0 Å². The third-order valence-corrected chi connectivity index (χ3v) is 1.99. The topological polar surface area (TPSA) is 12.0 Å². The Hall–Kier alpha value is -1.22. The van der Waals surface area contributed by atoms with Crippen molar-refractivity contribution in [2.45, 2.75) is 13.3 Å². The van der Waals surface area contributed by atoms with Crippen LogP contribution in [0.4, 0.5) is 8.78 Å². The molecule has 0 heterocycles. The molecule has 0 spiro atoms. The Balaban J connectivity index is 2.46. The molecule has 0 aliphatic heterocycles. The molecule has 0 amide bonds. The molecule has 1 rings (SSSR count). The fourth-order valence-corrected chi connectivity index (χ4v) is 1.20. The van der Waals surface area contributed by atoms with E-state index in [1.165, 1.54) is 6.07 Å². The Labute approximate surface area is 88.8 Å². The van der Waals surface area contributed by atoms with E-state index in [1.807, 2.05) is 13.0 Å². The van der Waals surface area contributed by atoms with Crippen LogP contribution < -0.4 is 5.32 Å². The zero-order valence-electron chi connectivity index (χ0n) is 8.76. The zero-order chi connectivity index (χ0) is 11.1. The van der Waals surface area contributed by atoms with Crippen molar-refractivity contribution in [3.05, 3.63) is 41.5 Å². The fourth-order valence-electron chi connectivity index (χ4n) is 1.20. The molecule has 1 aromatic carbocycles. The van der Waals surface area contributed by atoms with Crippen LogP contribution in [-0.4, -0.2) is 13.1 Å². The van der Waals surface area contributed by atoms with Gasteiger partial charge < -0.3 is 5.32 Å². The molecule has 0 bridgehead atoms. The number of nitrogens with one attached hydrogen (secondary N) is 1. The summed E-state index contributed by atoms with van der Waals surface area (Å²) < 4.78 is 25.4. The highest BCUT2D eigenvalue weighted by Crippen LogP contribution is 2.10. The van der Waals surface area contributed by atoms with Crippen LogP contribution >= 0.6 is 0 Å². The van der Waals surface area contributed by atoms with E-state index in [0.717, 1.165) is 25.6 Å². The van der Waals surface area contributed by atoms with Crippen molar-refractivity contribution >= 4 is 6.08 Å². The molecule has 1 nitrogen and oxygen atoms in total. The first-order valence-electron chi connectivity index (χ1n) is 5.06. The molecular formula is C12H15F2N. The maximum atomic E-state index is 12.8. The summed E-state index contributed by atoms with van der Waals surface area (Å²) >= 11 is 0. The number of halogens is 2. The molecule has 3 heteroatoms. The number of hydrogen-bond acceptors (Lipinski definition) is 1. The van der Waals surface area contributed by atoms with Gasteiger partial charge >= 0.3 is 0 Å². The first kappa shape index (κ1) is 11.9. The van der Waals surface area contributed by atoms with Crippen LogP contribution in [0.15, 0.2) is 24.3 Å². The van der Waals surface area contributed by atoms with Crippen molar-refractivity contribution in [2.75, 3.05) is 13.1 Å². The second-order valence-electron chi connectivity index (χ2n) is 3.22. The third-order valence-electron chi connectivity index (χ3n) is 1.99. The van der Waals surface area contributed by atoms with Crippen molar-refractivity contribution < 1.29 is 8.78 Å². The summed E-state index contributed by atoms with van der Waals surface area (Å²) in [6.07, 6.45) is 4.61. The second-order valence-corrected chi connectivity index (χ2v) is 3.22. The minimum absolute atomic E-state index is 0.686. The van der Waals surface area contributed by atoms with Crippen LogP contribution in [0.1, 0.15) is 18.9 Å². The van der Waals surface area contributed by atoms with Crippen molar-refractivity contribution in [3.8, 4) is 0 Å². The summed E-state index contributed by atoms with van der Waals surface area (Å²) in [5, 5.41) is 3.17. The molecule has 0 saturated carbocycles. The quantitative estimate of drug-likeness (QED) is 0.738. The minimum Gasteiger partial charge on any atom is -0.317 e. The van der Waals surface area contributed by atoms with Gasteiger partial charge in [-0.05, 0) is 37.2 Å². The minimum atomic E-state index is -0.806. The van der Waals surface area contributed by atoms with Crippen LogP contribution in [-0.2, 0) is 0 Å². The van der Waals surface area contributed by atoms with E-state index in [-0.39, 0.29) is 0 Å². The summed E-state index contributed by atoms with van der Waals surface area (Å²) in [7, 11) is 0. The van der Waals surface area contributed by atoms with Gasteiger partial charge in [-0.1, -0.05) is 25.1 Å².